The number of anilines is 1. The Hall–Kier alpha value is -0.630. The van der Waals surface area contributed by atoms with Crippen molar-refractivity contribution in [2.45, 2.75) is 25.2 Å². The molecule has 0 heterocycles. The van der Waals surface area contributed by atoms with Crippen molar-refractivity contribution in [3.8, 4) is 0 Å². The molecular weight excluding hydrogens is 342 g/mol. The Labute approximate surface area is 129 Å². The quantitative estimate of drug-likeness (QED) is 0.547. The minimum atomic E-state index is -3.55. The van der Waals surface area contributed by atoms with Crippen molar-refractivity contribution in [3.05, 3.63) is 22.7 Å². The minimum Gasteiger partial charge on any atom is -0.398 e. The molecule has 114 valence electrons. The minimum absolute atomic E-state index is 0.120. The van der Waals surface area contributed by atoms with E-state index in [9.17, 15) is 8.42 Å². The Morgan fingerprint density at radius 2 is 1.95 bits per heavy atom. The molecule has 0 saturated carbocycles. The number of halogens is 1. The van der Waals surface area contributed by atoms with Gasteiger partial charge in [0, 0.05) is 11.0 Å². The number of benzene rings is 1. The van der Waals surface area contributed by atoms with Gasteiger partial charge in [0.05, 0.1) is 5.69 Å². The molecule has 0 aliphatic carbocycles. The van der Waals surface area contributed by atoms with E-state index >= 15 is 0 Å². The normalized spacial score (nSPS) is 12.0. The Morgan fingerprint density at radius 1 is 1.30 bits per heavy atom. The molecule has 0 aliphatic rings. The lowest BCUT2D eigenvalue weighted by Gasteiger charge is -2.17. The summed E-state index contributed by atoms with van der Waals surface area (Å²) in [5.74, 6) is 0. The van der Waals surface area contributed by atoms with E-state index < -0.39 is 10.0 Å². The molecule has 7 heteroatoms. The van der Waals surface area contributed by atoms with E-state index in [0.717, 1.165) is 26.1 Å². The monoisotopic (exact) mass is 363 g/mol. The Balaban J connectivity index is 2.60. The number of nitrogens with zero attached hydrogens (tertiary/aromatic N) is 1. The third kappa shape index (κ3) is 5.05. The van der Waals surface area contributed by atoms with Crippen molar-refractivity contribution in [2.24, 2.45) is 0 Å². The van der Waals surface area contributed by atoms with Gasteiger partial charge in [-0.1, -0.05) is 29.8 Å². The molecule has 1 aromatic carbocycles. The largest absolute Gasteiger partial charge is 0.398 e. The van der Waals surface area contributed by atoms with Crippen molar-refractivity contribution >= 4 is 31.6 Å². The predicted octanol–water partition coefficient (Wildman–Crippen LogP) is 2.04. The van der Waals surface area contributed by atoms with Crippen LogP contribution in [0.3, 0.4) is 0 Å². The zero-order valence-corrected chi connectivity index (χ0v) is 14.3. The van der Waals surface area contributed by atoms with Gasteiger partial charge in [0.25, 0.3) is 0 Å². The molecule has 0 fully saturated rings. The van der Waals surface area contributed by atoms with Gasteiger partial charge in [0.1, 0.15) is 4.90 Å². The zero-order chi connectivity index (χ0) is 15.2. The third-order valence-electron chi connectivity index (χ3n) is 3.10. The Morgan fingerprint density at radius 3 is 2.55 bits per heavy atom. The van der Waals surface area contributed by atoms with Crippen LogP contribution in [0.5, 0.6) is 0 Å². The van der Waals surface area contributed by atoms with E-state index in [1.807, 2.05) is 0 Å². The van der Waals surface area contributed by atoms with Crippen molar-refractivity contribution < 1.29 is 8.42 Å². The van der Waals surface area contributed by atoms with Crippen LogP contribution < -0.4 is 10.5 Å². The van der Waals surface area contributed by atoms with Gasteiger partial charge < -0.3 is 10.6 Å². The van der Waals surface area contributed by atoms with Gasteiger partial charge in [-0.3, -0.25) is 0 Å². The topological polar surface area (TPSA) is 75.4 Å². The fourth-order valence-corrected chi connectivity index (χ4v) is 3.61. The van der Waals surface area contributed by atoms with Crippen molar-refractivity contribution in [3.63, 3.8) is 0 Å². The van der Waals surface area contributed by atoms with Crippen LogP contribution in [-0.2, 0) is 10.0 Å². The van der Waals surface area contributed by atoms with E-state index in [-0.39, 0.29) is 10.6 Å². The zero-order valence-electron chi connectivity index (χ0n) is 11.9. The average Bonchev–Trinajstić information content (AvgIpc) is 2.41. The molecule has 0 aromatic heterocycles. The lowest BCUT2D eigenvalue weighted by Crippen LogP contribution is -2.30. The highest BCUT2D eigenvalue weighted by Crippen LogP contribution is 2.22. The number of hydrogen-bond donors (Lipinski definition) is 2. The van der Waals surface area contributed by atoms with Gasteiger partial charge in [0.2, 0.25) is 10.0 Å². The molecule has 0 bridgehead atoms. The molecule has 1 aromatic rings. The van der Waals surface area contributed by atoms with Crippen molar-refractivity contribution in [1.29, 1.82) is 0 Å². The highest BCUT2D eigenvalue weighted by Gasteiger charge is 2.17. The summed E-state index contributed by atoms with van der Waals surface area (Å²) in [6, 6.07) is 4.81. The summed E-state index contributed by atoms with van der Waals surface area (Å²) < 4.78 is 27.6. The van der Waals surface area contributed by atoms with Crippen molar-refractivity contribution in [1.82, 2.24) is 9.62 Å². The van der Waals surface area contributed by atoms with Gasteiger partial charge >= 0.3 is 0 Å². The average molecular weight is 364 g/mol. The highest BCUT2D eigenvalue weighted by molar-refractivity contribution is 9.10. The summed E-state index contributed by atoms with van der Waals surface area (Å²) in [5, 5.41) is 0. The maximum absolute atomic E-state index is 12.2. The van der Waals surface area contributed by atoms with E-state index in [1.54, 1.807) is 12.1 Å². The fourth-order valence-electron chi connectivity index (χ4n) is 1.87. The number of nitrogens with one attached hydrogen (secondary N) is 1. The molecule has 1 rings (SSSR count). The first kappa shape index (κ1) is 17.4. The number of nitrogen functional groups attached to an aromatic ring is 1. The first-order valence-corrected chi connectivity index (χ1v) is 8.95. The second-order valence-corrected chi connectivity index (χ2v) is 7.11. The fraction of sp³-hybridized carbons (Fsp3) is 0.538. The number of hydrogen-bond acceptors (Lipinski definition) is 4. The molecule has 20 heavy (non-hydrogen) atoms. The third-order valence-corrected chi connectivity index (χ3v) is 5.11. The molecule has 5 nitrogen and oxygen atoms in total. The Bertz CT molecular complexity index is 530. The van der Waals surface area contributed by atoms with Gasteiger partial charge in [-0.15, -0.1) is 0 Å². The summed E-state index contributed by atoms with van der Waals surface area (Å²) in [6.07, 6.45) is 0.773. The van der Waals surface area contributed by atoms with Crippen LogP contribution in [0.2, 0.25) is 0 Å². The second kappa shape index (κ2) is 7.97. The number of nitrogens with two attached hydrogens (primary N) is 1. The van der Waals surface area contributed by atoms with Crippen LogP contribution in [-0.4, -0.2) is 39.5 Å². The highest BCUT2D eigenvalue weighted by atomic mass is 79.9. The summed E-state index contributed by atoms with van der Waals surface area (Å²) in [7, 11) is -3.55. The first-order valence-electron chi connectivity index (χ1n) is 6.67. The maximum atomic E-state index is 12.2. The predicted molar refractivity (Wildman–Crippen MR) is 86.1 cm³/mol. The van der Waals surface area contributed by atoms with Gasteiger partial charge in [-0.05, 0) is 44.3 Å². The van der Waals surface area contributed by atoms with Crippen LogP contribution in [0.4, 0.5) is 5.69 Å². The van der Waals surface area contributed by atoms with Crippen LogP contribution in [0.25, 0.3) is 0 Å². The first-order chi connectivity index (χ1) is 9.40. The smallest absolute Gasteiger partial charge is 0.242 e. The molecule has 0 atom stereocenters. The molecule has 0 saturated heterocycles. The van der Waals surface area contributed by atoms with E-state index in [0.29, 0.717) is 11.0 Å². The Kier molecular flexibility index (Phi) is 6.94. The lowest BCUT2D eigenvalue weighted by molar-refractivity contribution is 0.300. The molecule has 0 spiro atoms. The molecule has 3 N–H and O–H groups in total. The van der Waals surface area contributed by atoms with Crippen LogP contribution in [0.1, 0.15) is 20.3 Å². The SMILES string of the molecule is CCN(CC)CCCNS(=O)(=O)c1cc(Br)ccc1N. The molecular formula is C13H22BrN3O2S. The van der Waals surface area contributed by atoms with Crippen LogP contribution in [0.15, 0.2) is 27.6 Å². The summed E-state index contributed by atoms with van der Waals surface area (Å²) in [5.41, 5.74) is 5.98. The van der Waals surface area contributed by atoms with E-state index in [2.05, 4.69) is 39.4 Å². The molecule has 0 amide bonds. The lowest BCUT2D eigenvalue weighted by atomic mass is 10.3. The van der Waals surface area contributed by atoms with E-state index in [4.69, 9.17) is 5.73 Å². The molecule has 0 radical (unpaired) electrons. The van der Waals surface area contributed by atoms with Crippen LogP contribution >= 0.6 is 15.9 Å². The second-order valence-electron chi connectivity index (χ2n) is 4.46. The van der Waals surface area contributed by atoms with Crippen LogP contribution in [0, 0.1) is 0 Å². The number of rotatable bonds is 8. The standard InChI is InChI=1S/C13H22BrN3O2S/c1-3-17(4-2)9-5-8-16-20(18,19)13-10-11(14)6-7-12(13)15/h6-7,10,16H,3-5,8-9,15H2,1-2H3. The summed E-state index contributed by atoms with van der Waals surface area (Å²) in [4.78, 5) is 2.37. The van der Waals surface area contributed by atoms with Crippen molar-refractivity contribution in [2.75, 3.05) is 31.9 Å². The summed E-state index contributed by atoms with van der Waals surface area (Å²) >= 11 is 3.25. The molecule has 0 aliphatic heterocycles. The molecule has 0 unspecified atom stereocenters. The van der Waals surface area contributed by atoms with Gasteiger partial charge in [-0.2, -0.15) is 0 Å². The maximum Gasteiger partial charge on any atom is 0.242 e. The summed E-state index contributed by atoms with van der Waals surface area (Å²) in [6.45, 7) is 7.42. The van der Waals surface area contributed by atoms with Gasteiger partial charge in [0.15, 0.2) is 0 Å². The van der Waals surface area contributed by atoms with E-state index in [1.165, 1.54) is 6.07 Å². The number of sulfonamides is 1. The van der Waals surface area contributed by atoms with Gasteiger partial charge in [-0.25, -0.2) is 13.1 Å².